The summed E-state index contributed by atoms with van der Waals surface area (Å²) in [5.41, 5.74) is 4.00. The predicted octanol–water partition coefficient (Wildman–Crippen LogP) is 2.85. The monoisotopic (exact) mass is 304 g/mol. The number of hydrogen-bond acceptors (Lipinski definition) is 2. The van der Waals surface area contributed by atoms with E-state index < -0.39 is 0 Å². The van der Waals surface area contributed by atoms with Crippen LogP contribution >= 0.6 is 24.0 Å². The molecule has 1 aliphatic rings. The highest BCUT2D eigenvalue weighted by Gasteiger charge is 2.26. The van der Waals surface area contributed by atoms with Gasteiger partial charge >= 0.3 is 0 Å². The summed E-state index contributed by atoms with van der Waals surface area (Å²) >= 11 is 0. The molecule has 1 atom stereocenters. The van der Waals surface area contributed by atoms with Crippen molar-refractivity contribution in [2.24, 2.45) is 0 Å². The van der Waals surface area contributed by atoms with E-state index in [1.54, 1.807) is 0 Å². The van der Waals surface area contributed by atoms with Gasteiger partial charge in [0.15, 0.2) is 0 Å². The summed E-state index contributed by atoms with van der Waals surface area (Å²) in [4.78, 5) is 4.61. The molecule has 14 heavy (non-hydrogen) atoms. The lowest BCUT2D eigenvalue weighted by Crippen LogP contribution is -2.35. The molecule has 1 aromatic rings. The Morgan fingerprint density at radius 3 is 2.29 bits per heavy atom. The van der Waals surface area contributed by atoms with Crippen molar-refractivity contribution in [2.75, 3.05) is 23.9 Å². The van der Waals surface area contributed by atoms with E-state index in [2.05, 4.69) is 55.9 Å². The minimum absolute atomic E-state index is 0. The number of anilines is 2. The van der Waals surface area contributed by atoms with Crippen molar-refractivity contribution >= 4 is 35.4 Å². The number of hydrogen-bond donors (Lipinski definition) is 0. The first-order valence-electron chi connectivity index (χ1n) is 4.67. The minimum atomic E-state index is 0. The maximum absolute atomic E-state index is 2.31. The third-order valence-electron chi connectivity index (χ3n) is 3.01. The molecule has 2 rings (SSSR count). The Morgan fingerprint density at radius 1 is 1.07 bits per heavy atom. The van der Waals surface area contributed by atoms with Crippen molar-refractivity contribution in [3.8, 4) is 0 Å². The van der Waals surface area contributed by atoms with E-state index >= 15 is 0 Å². The van der Waals surface area contributed by atoms with Crippen molar-refractivity contribution in [3.63, 3.8) is 0 Å². The second-order valence-corrected chi connectivity index (χ2v) is 3.85. The van der Waals surface area contributed by atoms with Gasteiger partial charge in [-0.25, -0.2) is 0 Å². The van der Waals surface area contributed by atoms with E-state index in [1.165, 1.54) is 16.9 Å². The van der Waals surface area contributed by atoms with Gasteiger partial charge in [0.2, 0.25) is 0 Å². The molecule has 0 aromatic heterocycles. The Labute approximate surface area is 103 Å². The van der Waals surface area contributed by atoms with E-state index in [1.807, 2.05) is 0 Å². The molecule has 0 amide bonds. The summed E-state index contributed by atoms with van der Waals surface area (Å²) in [5, 5.41) is 0. The maximum atomic E-state index is 2.31. The number of rotatable bonds is 0. The van der Waals surface area contributed by atoms with Crippen LogP contribution in [0.1, 0.15) is 12.5 Å². The van der Waals surface area contributed by atoms with E-state index in [0.717, 1.165) is 0 Å². The van der Waals surface area contributed by atoms with E-state index in [0.29, 0.717) is 6.17 Å². The Hall–Kier alpha value is -0.450. The third-order valence-corrected chi connectivity index (χ3v) is 3.01. The second kappa shape index (κ2) is 3.96. The number of aryl methyl sites for hydroxylation is 1. The molecular weight excluding hydrogens is 287 g/mol. The fourth-order valence-electron chi connectivity index (χ4n) is 1.88. The van der Waals surface area contributed by atoms with Gasteiger partial charge in [-0.05, 0) is 31.5 Å². The Kier molecular flexibility index (Phi) is 3.29. The summed E-state index contributed by atoms with van der Waals surface area (Å²) in [7, 11) is 4.29. The zero-order valence-electron chi connectivity index (χ0n) is 9.11. The third kappa shape index (κ3) is 1.58. The van der Waals surface area contributed by atoms with Crippen molar-refractivity contribution in [3.05, 3.63) is 23.8 Å². The average Bonchev–Trinajstić information content (AvgIpc) is 2.32. The lowest BCUT2D eigenvalue weighted by molar-refractivity contribution is 0.710. The summed E-state index contributed by atoms with van der Waals surface area (Å²) in [6, 6.07) is 6.61. The number of nitrogens with zero attached hydrogens (tertiary/aromatic N) is 2. The number of fused-ring (bicyclic) bond motifs is 1. The molecule has 2 nitrogen and oxygen atoms in total. The zero-order valence-corrected chi connectivity index (χ0v) is 11.4. The Balaban J connectivity index is 0.000000980. The first-order valence-corrected chi connectivity index (χ1v) is 4.67. The molecule has 1 aliphatic heterocycles. The number of halogens is 1. The predicted molar refractivity (Wildman–Crippen MR) is 72.9 cm³/mol. The van der Waals surface area contributed by atoms with Gasteiger partial charge in [-0.15, -0.1) is 24.0 Å². The molecule has 78 valence electrons. The lowest BCUT2D eigenvalue weighted by Gasteiger charge is -2.23. The first kappa shape index (κ1) is 11.6. The van der Waals surface area contributed by atoms with Crippen LogP contribution in [0.2, 0.25) is 0 Å². The van der Waals surface area contributed by atoms with Gasteiger partial charge in [-0.1, -0.05) is 6.07 Å². The van der Waals surface area contributed by atoms with E-state index in [4.69, 9.17) is 0 Å². The smallest absolute Gasteiger partial charge is 0.0982 e. The van der Waals surface area contributed by atoms with Gasteiger partial charge in [0.05, 0.1) is 17.5 Å². The van der Waals surface area contributed by atoms with E-state index in [-0.39, 0.29) is 24.0 Å². The van der Waals surface area contributed by atoms with Crippen molar-refractivity contribution in [1.82, 2.24) is 0 Å². The SMILES string of the molecule is Cc1ccc2c(c1)N(C)C(C)N2C.I. The quantitative estimate of drug-likeness (QED) is 0.680. The van der Waals surface area contributed by atoms with Crippen LogP contribution in [-0.2, 0) is 0 Å². The molecule has 1 unspecified atom stereocenters. The van der Waals surface area contributed by atoms with Crippen molar-refractivity contribution < 1.29 is 0 Å². The summed E-state index contributed by atoms with van der Waals surface area (Å²) in [5.74, 6) is 0. The van der Waals surface area contributed by atoms with Crippen LogP contribution < -0.4 is 9.80 Å². The molecule has 0 spiro atoms. The molecule has 0 bridgehead atoms. The van der Waals surface area contributed by atoms with Gasteiger partial charge in [-0.2, -0.15) is 0 Å². The van der Waals surface area contributed by atoms with Crippen molar-refractivity contribution in [1.29, 1.82) is 0 Å². The van der Waals surface area contributed by atoms with Gasteiger partial charge in [-0.3, -0.25) is 0 Å². The normalized spacial score (nSPS) is 19.3. The van der Waals surface area contributed by atoms with Gasteiger partial charge < -0.3 is 9.80 Å². The minimum Gasteiger partial charge on any atom is -0.353 e. The second-order valence-electron chi connectivity index (χ2n) is 3.85. The van der Waals surface area contributed by atoms with Crippen LogP contribution in [0.25, 0.3) is 0 Å². The molecule has 1 heterocycles. The zero-order chi connectivity index (χ0) is 9.59. The summed E-state index contributed by atoms with van der Waals surface area (Å²) in [6.07, 6.45) is 0.469. The Bertz CT molecular complexity index is 338. The van der Waals surface area contributed by atoms with E-state index in [9.17, 15) is 0 Å². The molecule has 0 fully saturated rings. The molecular formula is C11H17IN2. The van der Waals surface area contributed by atoms with Crippen LogP contribution in [0.4, 0.5) is 11.4 Å². The van der Waals surface area contributed by atoms with Gasteiger partial charge in [0, 0.05) is 14.1 Å². The van der Waals surface area contributed by atoms with Crippen LogP contribution in [0, 0.1) is 6.92 Å². The summed E-state index contributed by atoms with van der Waals surface area (Å²) in [6.45, 7) is 4.35. The molecule has 0 saturated heterocycles. The first-order chi connectivity index (χ1) is 6.11. The molecule has 0 radical (unpaired) electrons. The standard InChI is InChI=1S/C11H16N2.HI/c1-8-5-6-10-11(7-8)13(4)9(2)12(10)3;/h5-7,9H,1-4H3;1H. The van der Waals surface area contributed by atoms with Crippen LogP contribution in [-0.4, -0.2) is 20.3 Å². The van der Waals surface area contributed by atoms with Gasteiger partial charge in [0.25, 0.3) is 0 Å². The topological polar surface area (TPSA) is 6.48 Å². The van der Waals surface area contributed by atoms with Gasteiger partial charge in [0.1, 0.15) is 0 Å². The van der Waals surface area contributed by atoms with Crippen LogP contribution in [0.5, 0.6) is 0 Å². The fraction of sp³-hybridized carbons (Fsp3) is 0.455. The lowest BCUT2D eigenvalue weighted by atomic mass is 10.2. The summed E-state index contributed by atoms with van der Waals surface area (Å²) < 4.78 is 0. The molecule has 0 aliphatic carbocycles. The highest BCUT2D eigenvalue weighted by Crippen LogP contribution is 2.37. The fourth-order valence-corrected chi connectivity index (χ4v) is 1.88. The molecule has 3 heteroatoms. The van der Waals surface area contributed by atoms with Crippen molar-refractivity contribution in [2.45, 2.75) is 20.0 Å². The number of benzene rings is 1. The highest BCUT2D eigenvalue weighted by molar-refractivity contribution is 14.0. The highest BCUT2D eigenvalue weighted by atomic mass is 127. The Morgan fingerprint density at radius 2 is 1.64 bits per heavy atom. The largest absolute Gasteiger partial charge is 0.353 e. The van der Waals surface area contributed by atoms with Crippen LogP contribution in [0.3, 0.4) is 0 Å². The average molecular weight is 304 g/mol. The maximum Gasteiger partial charge on any atom is 0.0982 e. The molecule has 0 saturated carbocycles. The molecule has 0 N–H and O–H groups in total. The molecule has 1 aromatic carbocycles. The van der Waals surface area contributed by atoms with Crippen LogP contribution in [0.15, 0.2) is 18.2 Å².